The molecule has 5 nitrogen and oxygen atoms in total. The van der Waals surface area contributed by atoms with Gasteiger partial charge in [-0.1, -0.05) is 18.2 Å². The number of benzene rings is 2. The van der Waals surface area contributed by atoms with Crippen LogP contribution in [0.15, 0.2) is 54.6 Å². The summed E-state index contributed by atoms with van der Waals surface area (Å²) in [7, 11) is 1.84. The van der Waals surface area contributed by atoms with Gasteiger partial charge in [-0.25, -0.2) is 0 Å². The summed E-state index contributed by atoms with van der Waals surface area (Å²) in [5.41, 5.74) is 2.06. The van der Waals surface area contributed by atoms with Gasteiger partial charge in [0.25, 0.3) is 5.91 Å². The maximum Gasteiger partial charge on any atom is 0.281 e. The van der Waals surface area contributed by atoms with Crippen LogP contribution in [0.3, 0.4) is 0 Å². The van der Waals surface area contributed by atoms with Crippen molar-refractivity contribution in [2.45, 2.75) is 0 Å². The number of aromatic hydroxyl groups is 1. The van der Waals surface area contributed by atoms with Gasteiger partial charge >= 0.3 is 0 Å². The van der Waals surface area contributed by atoms with E-state index in [2.05, 4.69) is 4.90 Å². The number of carbonyl (C=O) groups excluding carboxylic acids is 1. The Morgan fingerprint density at radius 3 is 2.33 bits per heavy atom. The van der Waals surface area contributed by atoms with Crippen molar-refractivity contribution in [3.05, 3.63) is 54.6 Å². The van der Waals surface area contributed by atoms with E-state index in [1.54, 1.807) is 17.0 Å². The van der Waals surface area contributed by atoms with E-state index in [-0.39, 0.29) is 11.7 Å². The lowest BCUT2D eigenvalue weighted by Crippen LogP contribution is -3.16. The molecule has 0 spiro atoms. The van der Waals surface area contributed by atoms with Crippen molar-refractivity contribution < 1.29 is 14.8 Å². The van der Waals surface area contributed by atoms with Gasteiger partial charge in [-0.2, -0.15) is 0 Å². The molecule has 1 fully saturated rings. The number of anilines is 2. The molecule has 1 amide bonds. The molecule has 2 N–H and O–H groups in total. The van der Waals surface area contributed by atoms with Crippen molar-refractivity contribution in [1.29, 1.82) is 0 Å². The lowest BCUT2D eigenvalue weighted by atomic mass is 10.2. The fourth-order valence-electron chi connectivity index (χ4n) is 3.05. The quantitative estimate of drug-likeness (QED) is 0.872. The molecule has 0 unspecified atom stereocenters. The van der Waals surface area contributed by atoms with Crippen molar-refractivity contribution in [2.24, 2.45) is 0 Å². The van der Waals surface area contributed by atoms with Gasteiger partial charge < -0.3 is 19.8 Å². The number of rotatable bonds is 4. The van der Waals surface area contributed by atoms with Gasteiger partial charge in [-0.05, 0) is 36.4 Å². The largest absolute Gasteiger partial charge is 0.508 e. The normalized spacial score (nSPS) is 15.3. The molecule has 5 heteroatoms. The highest BCUT2D eigenvalue weighted by Gasteiger charge is 2.24. The second-order valence-electron chi connectivity index (χ2n) is 6.22. The first kappa shape index (κ1) is 16.3. The van der Waals surface area contributed by atoms with E-state index in [1.165, 1.54) is 4.90 Å². The summed E-state index contributed by atoms with van der Waals surface area (Å²) >= 11 is 0. The third-order valence-electron chi connectivity index (χ3n) is 4.60. The molecular formula is C19H24N3O2+. The lowest BCUT2D eigenvalue weighted by molar-refractivity contribution is -0.892. The first-order chi connectivity index (χ1) is 11.6. The first-order valence-corrected chi connectivity index (χ1v) is 8.32. The number of hydrogen-bond donors (Lipinski definition) is 2. The molecule has 1 aliphatic heterocycles. The Morgan fingerprint density at radius 2 is 1.71 bits per heavy atom. The average molecular weight is 326 g/mol. The SMILES string of the molecule is CN(C(=O)C[NH+]1CCN(c2ccc(O)cc2)CC1)c1ccccc1. The molecule has 1 saturated heterocycles. The molecule has 0 radical (unpaired) electrons. The number of hydrogen-bond acceptors (Lipinski definition) is 3. The Hall–Kier alpha value is -2.53. The number of phenols is 1. The number of carbonyl (C=O) groups is 1. The molecule has 0 aromatic heterocycles. The number of quaternary nitrogens is 1. The third-order valence-corrected chi connectivity index (χ3v) is 4.60. The summed E-state index contributed by atoms with van der Waals surface area (Å²) < 4.78 is 0. The summed E-state index contributed by atoms with van der Waals surface area (Å²) in [5.74, 6) is 0.437. The van der Waals surface area contributed by atoms with Crippen LogP contribution in [0.4, 0.5) is 11.4 Å². The molecule has 3 rings (SSSR count). The number of amides is 1. The number of piperazine rings is 1. The van der Waals surface area contributed by atoms with Crippen LogP contribution < -0.4 is 14.7 Å². The van der Waals surface area contributed by atoms with E-state index in [1.807, 2.05) is 49.5 Å². The predicted molar refractivity (Wildman–Crippen MR) is 95.7 cm³/mol. The summed E-state index contributed by atoms with van der Waals surface area (Å²) in [4.78, 5) is 17.8. The van der Waals surface area contributed by atoms with E-state index in [4.69, 9.17) is 0 Å². The number of nitrogens with zero attached hydrogens (tertiary/aromatic N) is 2. The standard InChI is InChI=1S/C19H23N3O2/c1-20(16-5-3-2-4-6-16)19(24)15-21-11-13-22(14-12-21)17-7-9-18(23)10-8-17/h2-10,23H,11-15H2,1H3/p+1. The third kappa shape index (κ3) is 3.86. The van der Waals surface area contributed by atoms with Crippen LogP contribution in [0.2, 0.25) is 0 Å². The molecule has 0 aliphatic carbocycles. The highest BCUT2D eigenvalue weighted by Crippen LogP contribution is 2.18. The van der Waals surface area contributed by atoms with Crippen LogP contribution in [-0.2, 0) is 4.79 Å². The van der Waals surface area contributed by atoms with Crippen LogP contribution in [0.5, 0.6) is 5.75 Å². The summed E-state index contributed by atoms with van der Waals surface area (Å²) in [6.45, 7) is 4.24. The van der Waals surface area contributed by atoms with Crippen molar-refractivity contribution in [3.63, 3.8) is 0 Å². The Balaban J connectivity index is 1.52. The fraction of sp³-hybridized carbons (Fsp3) is 0.316. The second-order valence-corrected chi connectivity index (χ2v) is 6.22. The van der Waals surface area contributed by atoms with Gasteiger partial charge in [-0.3, -0.25) is 4.79 Å². The molecule has 2 aromatic carbocycles. The minimum atomic E-state index is 0.147. The molecule has 0 bridgehead atoms. The zero-order valence-electron chi connectivity index (χ0n) is 14.0. The van der Waals surface area contributed by atoms with Crippen LogP contribution in [-0.4, -0.2) is 50.8 Å². The molecule has 126 valence electrons. The van der Waals surface area contributed by atoms with E-state index in [9.17, 15) is 9.90 Å². The van der Waals surface area contributed by atoms with Gasteiger partial charge in [0, 0.05) is 18.4 Å². The predicted octanol–water partition coefficient (Wildman–Crippen LogP) is 0.760. The summed E-state index contributed by atoms with van der Waals surface area (Å²) in [6, 6.07) is 17.1. The van der Waals surface area contributed by atoms with E-state index >= 15 is 0 Å². The van der Waals surface area contributed by atoms with Crippen molar-refractivity contribution >= 4 is 17.3 Å². The molecule has 0 atom stereocenters. The zero-order chi connectivity index (χ0) is 16.9. The number of phenolic OH excluding ortho intramolecular Hbond substituents is 1. The van der Waals surface area contributed by atoms with Gasteiger partial charge in [0.2, 0.25) is 0 Å². The Bertz CT molecular complexity index is 665. The molecule has 1 heterocycles. The second kappa shape index (κ2) is 7.36. The van der Waals surface area contributed by atoms with Gasteiger partial charge in [0.15, 0.2) is 6.54 Å². The molecule has 1 aliphatic rings. The van der Waals surface area contributed by atoms with Crippen molar-refractivity contribution in [1.82, 2.24) is 0 Å². The smallest absolute Gasteiger partial charge is 0.281 e. The van der Waals surface area contributed by atoms with Crippen LogP contribution in [0.25, 0.3) is 0 Å². The highest BCUT2D eigenvalue weighted by atomic mass is 16.3. The fourth-order valence-corrected chi connectivity index (χ4v) is 3.05. The Labute approximate surface area is 142 Å². The highest BCUT2D eigenvalue weighted by molar-refractivity contribution is 5.93. The maximum absolute atomic E-state index is 12.5. The lowest BCUT2D eigenvalue weighted by Gasteiger charge is -2.34. The van der Waals surface area contributed by atoms with E-state index < -0.39 is 0 Å². The van der Waals surface area contributed by atoms with E-state index in [0.717, 1.165) is 37.6 Å². The minimum Gasteiger partial charge on any atom is -0.508 e. The van der Waals surface area contributed by atoms with Crippen molar-refractivity contribution in [2.75, 3.05) is 49.6 Å². The number of para-hydroxylation sites is 1. The van der Waals surface area contributed by atoms with Gasteiger partial charge in [0.05, 0.1) is 26.2 Å². The van der Waals surface area contributed by atoms with E-state index in [0.29, 0.717) is 6.54 Å². The average Bonchev–Trinajstić information content (AvgIpc) is 2.63. The molecule has 2 aromatic rings. The Morgan fingerprint density at radius 1 is 1.08 bits per heavy atom. The topological polar surface area (TPSA) is 48.2 Å². The maximum atomic E-state index is 12.5. The first-order valence-electron chi connectivity index (χ1n) is 8.32. The van der Waals surface area contributed by atoms with Crippen LogP contribution >= 0.6 is 0 Å². The summed E-state index contributed by atoms with van der Waals surface area (Å²) in [5, 5.41) is 9.38. The number of likely N-dealkylation sites (N-methyl/N-ethyl adjacent to an activating group) is 1. The Kier molecular flexibility index (Phi) is 5.01. The van der Waals surface area contributed by atoms with Gasteiger partial charge in [0.1, 0.15) is 5.75 Å². The zero-order valence-corrected chi connectivity index (χ0v) is 14.0. The van der Waals surface area contributed by atoms with Crippen molar-refractivity contribution in [3.8, 4) is 5.75 Å². The molecule has 0 saturated carbocycles. The molecule has 24 heavy (non-hydrogen) atoms. The number of nitrogens with one attached hydrogen (secondary N) is 1. The van der Waals surface area contributed by atoms with Crippen LogP contribution in [0, 0.1) is 0 Å². The summed E-state index contributed by atoms with van der Waals surface area (Å²) in [6.07, 6.45) is 0. The minimum absolute atomic E-state index is 0.147. The van der Waals surface area contributed by atoms with Crippen LogP contribution in [0.1, 0.15) is 0 Å². The monoisotopic (exact) mass is 326 g/mol. The van der Waals surface area contributed by atoms with Gasteiger partial charge in [-0.15, -0.1) is 0 Å². The molecular weight excluding hydrogens is 302 g/mol.